The number of hydrogen-bond donors (Lipinski definition) is 2. The Labute approximate surface area is 102 Å². The summed E-state index contributed by atoms with van der Waals surface area (Å²) in [5, 5.41) is 3.57. The number of hydrogen-bond acceptors (Lipinski definition) is 2. The summed E-state index contributed by atoms with van der Waals surface area (Å²) in [6.45, 7) is 4.33. The number of nitrogens with two attached hydrogens (primary N) is 1. The highest BCUT2D eigenvalue weighted by molar-refractivity contribution is 7.80. The minimum Gasteiger partial charge on any atom is -0.389 e. The van der Waals surface area contributed by atoms with Gasteiger partial charge in [0.2, 0.25) is 0 Å². The fraction of sp³-hybridized carbons (Fsp3) is 0.462. The summed E-state index contributed by atoms with van der Waals surface area (Å²) in [6, 6.07) is 6.69. The maximum atomic E-state index is 5.74. The van der Waals surface area contributed by atoms with Crippen molar-refractivity contribution in [1.82, 2.24) is 0 Å². The number of para-hydroxylation sites is 1. The van der Waals surface area contributed by atoms with Crippen LogP contribution in [0.25, 0.3) is 0 Å². The molecule has 3 N–H and O–H groups in total. The fourth-order valence-electron chi connectivity index (χ4n) is 2.13. The van der Waals surface area contributed by atoms with E-state index in [4.69, 9.17) is 18.0 Å². The summed E-state index contributed by atoms with van der Waals surface area (Å²) < 4.78 is 0. The van der Waals surface area contributed by atoms with Gasteiger partial charge in [0, 0.05) is 17.3 Å². The fourth-order valence-corrected chi connectivity index (χ4v) is 2.30. The van der Waals surface area contributed by atoms with E-state index in [1.807, 2.05) is 12.1 Å². The van der Waals surface area contributed by atoms with E-state index in [0.717, 1.165) is 17.2 Å². The molecule has 2 rings (SSSR count). The van der Waals surface area contributed by atoms with Crippen LogP contribution >= 0.6 is 12.2 Å². The van der Waals surface area contributed by atoms with E-state index >= 15 is 0 Å². The Morgan fingerprint density at radius 3 is 2.88 bits per heavy atom. The molecule has 16 heavy (non-hydrogen) atoms. The van der Waals surface area contributed by atoms with Crippen molar-refractivity contribution in [2.45, 2.75) is 32.7 Å². The van der Waals surface area contributed by atoms with Crippen molar-refractivity contribution in [3.8, 4) is 0 Å². The van der Waals surface area contributed by atoms with Gasteiger partial charge in [0.25, 0.3) is 0 Å². The van der Waals surface area contributed by atoms with Gasteiger partial charge in [-0.05, 0) is 30.9 Å². The number of anilines is 1. The Hall–Kier alpha value is -1.09. The molecule has 0 amide bonds. The molecule has 1 saturated carbocycles. The van der Waals surface area contributed by atoms with Crippen LogP contribution in [0.2, 0.25) is 0 Å². The van der Waals surface area contributed by atoms with Crippen molar-refractivity contribution in [1.29, 1.82) is 0 Å². The number of thiocarbonyl (C=S) groups is 1. The summed E-state index contributed by atoms with van der Waals surface area (Å²) in [4.78, 5) is 0.472. The third kappa shape index (κ3) is 2.19. The zero-order chi connectivity index (χ0) is 11.7. The first-order valence-electron chi connectivity index (χ1n) is 5.79. The number of nitrogens with one attached hydrogen (secondary N) is 1. The van der Waals surface area contributed by atoms with E-state index in [1.165, 1.54) is 18.4 Å². The quantitative estimate of drug-likeness (QED) is 0.787. The first-order chi connectivity index (χ1) is 7.63. The van der Waals surface area contributed by atoms with Crippen molar-refractivity contribution < 1.29 is 0 Å². The van der Waals surface area contributed by atoms with Crippen molar-refractivity contribution in [3.05, 3.63) is 29.3 Å². The SMILES string of the molecule is CCC1CC1Nc1c(C)cccc1C(N)=S. The molecule has 0 aliphatic heterocycles. The lowest BCUT2D eigenvalue weighted by Gasteiger charge is -2.13. The largest absolute Gasteiger partial charge is 0.389 e. The van der Waals surface area contributed by atoms with Crippen LogP contribution in [-0.4, -0.2) is 11.0 Å². The molecule has 2 nitrogen and oxygen atoms in total. The van der Waals surface area contributed by atoms with E-state index in [1.54, 1.807) is 0 Å². The van der Waals surface area contributed by atoms with Crippen LogP contribution in [0.5, 0.6) is 0 Å². The zero-order valence-corrected chi connectivity index (χ0v) is 10.6. The number of aryl methyl sites for hydroxylation is 1. The second-order valence-corrected chi connectivity index (χ2v) is 4.96. The average Bonchev–Trinajstić information content (AvgIpc) is 2.99. The standard InChI is InChI=1S/C13H18N2S/c1-3-9-7-11(9)15-12-8(2)5-4-6-10(12)13(14)16/h4-6,9,11,15H,3,7H2,1-2H3,(H2,14,16). The van der Waals surface area contributed by atoms with Gasteiger partial charge in [0.1, 0.15) is 4.99 Å². The van der Waals surface area contributed by atoms with Gasteiger partial charge in [0.15, 0.2) is 0 Å². The molecular formula is C13H18N2S. The zero-order valence-electron chi connectivity index (χ0n) is 9.79. The van der Waals surface area contributed by atoms with Crippen LogP contribution in [0.3, 0.4) is 0 Å². The van der Waals surface area contributed by atoms with Crippen LogP contribution in [-0.2, 0) is 0 Å². The predicted molar refractivity (Wildman–Crippen MR) is 72.9 cm³/mol. The molecule has 0 radical (unpaired) electrons. The van der Waals surface area contributed by atoms with Crippen LogP contribution in [0, 0.1) is 12.8 Å². The van der Waals surface area contributed by atoms with Gasteiger partial charge in [0.05, 0.1) is 0 Å². The van der Waals surface area contributed by atoms with Gasteiger partial charge in [-0.1, -0.05) is 37.7 Å². The molecular weight excluding hydrogens is 216 g/mol. The Kier molecular flexibility index (Phi) is 3.15. The summed E-state index contributed by atoms with van der Waals surface area (Å²) in [7, 11) is 0. The monoisotopic (exact) mass is 234 g/mol. The summed E-state index contributed by atoms with van der Waals surface area (Å²) >= 11 is 5.08. The van der Waals surface area contributed by atoms with Crippen LogP contribution in [0.1, 0.15) is 30.9 Å². The average molecular weight is 234 g/mol. The second-order valence-electron chi connectivity index (χ2n) is 4.52. The maximum absolute atomic E-state index is 5.74. The van der Waals surface area contributed by atoms with Crippen molar-refractivity contribution >= 4 is 22.9 Å². The molecule has 1 aromatic carbocycles. The first-order valence-corrected chi connectivity index (χ1v) is 6.20. The first kappa shape index (κ1) is 11.4. The van der Waals surface area contributed by atoms with E-state index in [-0.39, 0.29) is 0 Å². The maximum Gasteiger partial charge on any atom is 0.106 e. The second kappa shape index (κ2) is 4.42. The molecule has 0 bridgehead atoms. The molecule has 1 aliphatic rings. The lowest BCUT2D eigenvalue weighted by Crippen LogP contribution is -2.15. The lowest BCUT2D eigenvalue weighted by atomic mass is 10.1. The molecule has 1 aromatic rings. The molecule has 1 fully saturated rings. The molecule has 1 aliphatic carbocycles. The minimum absolute atomic E-state index is 0.472. The van der Waals surface area contributed by atoms with Gasteiger partial charge in [-0.2, -0.15) is 0 Å². The van der Waals surface area contributed by atoms with Crippen LogP contribution in [0.4, 0.5) is 5.69 Å². The highest BCUT2D eigenvalue weighted by Gasteiger charge is 2.35. The number of rotatable bonds is 4. The van der Waals surface area contributed by atoms with Gasteiger partial charge in [-0.3, -0.25) is 0 Å². The van der Waals surface area contributed by atoms with Crippen molar-refractivity contribution in [2.75, 3.05) is 5.32 Å². The van der Waals surface area contributed by atoms with E-state index in [0.29, 0.717) is 11.0 Å². The predicted octanol–water partition coefficient (Wildman–Crippen LogP) is 2.84. The smallest absolute Gasteiger partial charge is 0.106 e. The molecule has 0 saturated heterocycles. The highest BCUT2D eigenvalue weighted by atomic mass is 32.1. The molecule has 0 heterocycles. The molecule has 2 unspecified atom stereocenters. The Balaban J connectivity index is 2.22. The topological polar surface area (TPSA) is 38.0 Å². The van der Waals surface area contributed by atoms with Gasteiger partial charge >= 0.3 is 0 Å². The number of benzene rings is 1. The molecule has 3 heteroatoms. The lowest BCUT2D eigenvalue weighted by molar-refractivity contribution is 0.774. The van der Waals surface area contributed by atoms with Gasteiger partial charge < -0.3 is 11.1 Å². The Morgan fingerprint density at radius 2 is 2.31 bits per heavy atom. The highest BCUT2D eigenvalue weighted by Crippen LogP contribution is 2.37. The third-order valence-electron chi connectivity index (χ3n) is 3.31. The van der Waals surface area contributed by atoms with Crippen molar-refractivity contribution in [2.24, 2.45) is 11.7 Å². The Morgan fingerprint density at radius 1 is 1.56 bits per heavy atom. The minimum atomic E-state index is 0.472. The molecule has 2 atom stereocenters. The third-order valence-corrected chi connectivity index (χ3v) is 3.53. The van der Waals surface area contributed by atoms with Crippen LogP contribution < -0.4 is 11.1 Å². The van der Waals surface area contributed by atoms with E-state index in [2.05, 4.69) is 25.2 Å². The normalized spacial score (nSPS) is 22.9. The van der Waals surface area contributed by atoms with Gasteiger partial charge in [-0.25, -0.2) is 0 Å². The molecule has 0 spiro atoms. The van der Waals surface area contributed by atoms with Gasteiger partial charge in [-0.15, -0.1) is 0 Å². The Bertz CT molecular complexity index is 414. The van der Waals surface area contributed by atoms with E-state index < -0.39 is 0 Å². The molecule has 0 aromatic heterocycles. The van der Waals surface area contributed by atoms with E-state index in [9.17, 15) is 0 Å². The summed E-state index contributed by atoms with van der Waals surface area (Å²) in [5.74, 6) is 0.818. The van der Waals surface area contributed by atoms with Crippen LogP contribution in [0.15, 0.2) is 18.2 Å². The van der Waals surface area contributed by atoms with Crippen molar-refractivity contribution in [3.63, 3.8) is 0 Å². The summed E-state index contributed by atoms with van der Waals surface area (Å²) in [6.07, 6.45) is 2.51. The molecule has 86 valence electrons. The summed E-state index contributed by atoms with van der Waals surface area (Å²) in [5.41, 5.74) is 9.04.